The zero-order chi connectivity index (χ0) is 23.4. The first-order valence-corrected chi connectivity index (χ1v) is 11.4. The molecule has 172 valence electrons. The lowest BCUT2D eigenvalue weighted by atomic mass is 9.95. The molecule has 33 heavy (non-hydrogen) atoms. The van der Waals surface area contributed by atoms with Crippen molar-refractivity contribution in [1.82, 2.24) is 19.6 Å². The van der Waals surface area contributed by atoms with Crippen molar-refractivity contribution in [1.29, 1.82) is 0 Å². The molecule has 0 bridgehead atoms. The summed E-state index contributed by atoms with van der Waals surface area (Å²) in [5.74, 6) is -0.317. The Kier molecular flexibility index (Phi) is 7.15. The fourth-order valence-electron chi connectivity index (χ4n) is 3.80. The first-order chi connectivity index (χ1) is 15.9. The molecule has 1 saturated heterocycles. The topological polar surface area (TPSA) is 95.8 Å². The van der Waals surface area contributed by atoms with E-state index in [0.29, 0.717) is 48.2 Å². The molecule has 0 aliphatic carbocycles. The summed E-state index contributed by atoms with van der Waals surface area (Å²) in [6.07, 6.45) is 4.24. The molecule has 2 aromatic heterocycles. The Bertz CT molecular complexity index is 1240. The molecule has 4 rings (SSSR count). The van der Waals surface area contributed by atoms with Crippen LogP contribution < -0.4 is 16.2 Å². The number of nitrogens with zero attached hydrogens (tertiary/aromatic N) is 3. The third-order valence-electron chi connectivity index (χ3n) is 5.71. The average molecular weight is 488 g/mol. The van der Waals surface area contributed by atoms with Gasteiger partial charge < -0.3 is 15.5 Å². The minimum Gasteiger partial charge on any atom is -0.370 e. The molecule has 0 radical (unpaired) electrons. The van der Waals surface area contributed by atoms with Gasteiger partial charge in [-0.3, -0.25) is 18.8 Å². The molecule has 2 amide bonds. The Morgan fingerprint density at radius 2 is 1.88 bits per heavy atom. The lowest BCUT2D eigenvalue weighted by Crippen LogP contribution is -2.44. The summed E-state index contributed by atoms with van der Waals surface area (Å²) in [5.41, 5.74) is 1.42. The fraction of sp³-hybridized carbons (Fsp3) is 0.304. The van der Waals surface area contributed by atoms with Crippen LogP contribution in [0.25, 0.3) is 5.65 Å². The van der Waals surface area contributed by atoms with Gasteiger partial charge in [0.15, 0.2) is 0 Å². The molecule has 8 nitrogen and oxygen atoms in total. The predicted molar refractivity (Wildman–Crippen MR) is 128 cm³/mol. The molecular weight excluding hydrogens is 465 g/mol. The highest BCUT2D eigenvalue weighted by atomic mass is 35.5. The summed E-state index contributed by atoms with van der Waals surface area (Å²) in [6, 6.07) is 10.5. The quantitative estimate of drug-likeness (QED) is 0.557. The highest BCUT2D eigenvalue weighted by Gasteiger charge is 2.27. The van der Waals surface area contributed by atoms with Gasteiger partial charge in [0.05, 0.1) is 22.8 Å². The van der Waals surface area contributed by atoms with Crippen molar-refractivity contribution in [3.63, 3.8) is 0 Å². The van der Waals surface area contributed by atoms with E-state index in [-0.39, 0.29) is 35.5 Å². The van der Waals surface area contributed by atoms with E-state index < -0.39 is 0 Å². The molecule has 0 saturated carbocycles. The Hall–Kier alpha value is -3.10. The lowest BCUT2D eigenvalue weighted by molar-refractivity contribution is -0.134. The number of hydrogen-bond acceptors (Lipinski definition) is 5. The third-order valence-corrected chi connectivity index (χ3v) is 6.45. The first-order valence-electron chi connectivity index (χ1n) is 10.6. The van der Waals surface area contributed by atoms with E-state index in [2.05, 4.69) is 15.6 Å². The second kappa shape index (κ2) is 10.2. The van der Waals surface area contributed by atoms with E-state index in [9.17, 15) is 14.4 Å². The largest absolute Gasteiger partial charge is 0.370 e. The van der Waals surface area contributed by atoms with Gasteiger partial charge in [-0.05, 0) is 42.7 Å². The standard InChI is InChI=1S/C23H23Cl2N5O3/c24-17-5-4-15(11-18(17)25)12-28-22(32)16-6-9-29(10-7-16)21(31)14-26-19-13-27-20-3-1-2-8-30(20)23(19)33/h1-5,8,11,13,16,26H,6-7,9-10,12,14H2,(H,28,32). The molecule has 1 aliphatic rings. The first kappa shape index (κ1) is 23.1. The van der Waals surface area contributed by atoms with Gasteiger partial charge in [0.2, 0.25) is 11.8 Å². The maximum atomic E-state index is 12.6. The Labute approximate surface area is 200 Å². The molecule has 0 unspecified atom stereocenters. The smallest absolute Gasteiger partial charge is 0.281 e. The van der Waals surface area contributed by atoms with Crippen molar-refractivity contribution in [3.8, 4) is 0 Å². The van der Waals surface area contributed by atoms with Gasteiger partial charge in [-0.25, -0.2) is 4.98 Å². The van der Waals surface area contributed by atoms with Gasteiger partial charge in [0.25, 0.3) is 5.56 Å². The van der Waals surface area contributed by atoms with Crippen LogP contribution in [-0.2, 0) is 16.1 Å². The second-order valence-corrected chi connectivity index (χ2v) is 8.70. The number of rotatable bonds is 6. The van der Waals surface area contributed by atoms with Crippen LogP contribution in [0.4, 0.5) is 5.69 Å². The Morgan fingerprint density at radius 1 is 1.09 bits per heavy atom. The molecule has 0 atom stereocenters. The van der Waals surface area contributed by atoms with E-state index in [0.717, 1.165) is 5.56 Å². The zero-order valence-electron chi connectivity index (χ0n) is 17.8. The number of piperidine rings is 1. The van der Waals surface area contributed by atoms with E-state index in [4.69, 9.17) is 23.2 Å². The molecule has 3 aromatic rings. The van der Waals surface area contributed by atoms with Crippen molar-refractivity contribution in [2.75, 3.05) is 25.0 Å². The summed E-state index contributed by atoms with van der Waals surface area (Å²) >= 11 is 11.9. The molecule has 2 N–H and O–H groups in total. The molecule has 0 spiro atoms. The molecule has 1 aromatic carbocycles. The van der Waals surface area contributed by atoms with Crippen LogP contribution in [0.1, 0.15) is 18.4 Å². The normalized spacial score (nSPS) is 14.3. The van der Waals surface area contributed by atoms with Gasteiger partial charge >= 0.3 is 0 Å². The number of carbonyl (C=O) groups excluding carboxylic acids is 2. The summed E-state index contributed by atoms with van der Waals surface area (Å²) < 4.78 is 1.43. The number of anilines is 1. The Morgan fingerprint density at radius 3 is 2.64 bits per heavy atom. The Balaban J connectivity index is 1.25. The maximum Gasteiger partial charge on any atom is 0.281 e. The molecule has 1 fully saturated rings. The summed E-state index contributed by atoms with van der Waals surface area (Å²) in [7, 11) is 0. The van der Waals surface area contributed by atoms with Gasteiger partial charge in [-0.2, -0.15) is 0 Å². The minimum absolute atomic E-state index is 0.00991. The van der Waals surface area contributed by atoms with E-state index in [1.807, 2.05) is 6.07 Å². The SMILES string of the molecule is O=C(NCc1ccc(Cl)c(Cl)c1)C1CCN(C(=O)CNc2cnc3ccccn3c2=O)CC1. The van der Waals surface area contributed by atoms with Crippen LogP contribution in [0.15, 0.2) is 53.6 Å². The molecule has 3 heterocycles. The monoisotopic (exact) mass is 487 g/mol. The highest BCUT2D eigenvalue weighted by molar-refractivity contribution is 6.42. The van der Waals surface area contributed by atoms with Crippen LogP contribution in [0.3, 0.4) is 0 Å². The van der Waals surface area contributed by atoms with Gasteiger partial charge in [-0.15, -0.1) is 0 Å². The fourth-order valence-corrected chi connectivity index (χ4v) is 4.13. The number of aromatic nitrogens is 2. The van der Waals surface area contributed by atoms with Crippen LogP contribution in [0, 0.1) is 5.92 Å². The van der Waals surface area contributed by atoms with Crippen LogP contribution in [0.2, 0.25) is 10.0 Å². The number of likely N-dealkylation sites (tertiary alicyclic amines) is 1. The number of amides is 2. The number of hydrogen-bond donors (Lipinski definition) is 2. The summed E-state index contributed by atoms with van der Waals surface area (Å²) in [5, 5.41) is 6.75. The van der Waals surface area contributed by atoms with Gasteiger partial charge in [0, 0.05) is 31.7 Å². The number of fused-ring (bicyclic) bond motifs is 1. The summed E-state index contributed by atoms with van der Waals surface area (Å²) in [4.78, 5) is 43.6. The molecule has 1 aliphatic heterocycles. The maximum absolute atomic E-state index is 12.6. The van der Waals surface area contributed by atoms with Crippen molar-refractivity contribution in [2.45, 2.75) is 19.4 Å². The van der Waals surface area contributed by atoms with Crippen molar-refractivity contribution in [2.24, 2.45) is 5.92 Å². The zero-order valence-corrected chi connectivity index (χ0v) is 19.3. The average Bonchev–Trinajstić information content (AvgIpc) is 2.84. The van der Waals surface area contributed by atoms with Crippen molar-refractivity contribution in [3.05, 3.63) is 74.8 Å². The number of benzene rings is 1. The number of halogens is 2. The van der Waals surface area contributed by atoms with Crippen molar-refractivity contribution >= 4 is 46.4 Å². The predicted octanol–water partition coefficient (Wildman–Crippen LogP) is 2.97. The van der Waals surface area contributed by atoms with Gasteiger partial charge in [-0.1, -0.05) is 35.3 Å². The minimum atomic E-state index is -0.259. The van der Waals surface area contributed by atoms with E-state index >= 15 is 0 Å². The second-order valence-electron chi connectivity index (χ2n) is 7.88. The van der Waals surface area contributed by atoms with Crippen LogP contribution in [0.5, 0.6) is 0 Å². The number of nitrogens with one attached hydrogen (secondary N) is 2. The molecular formula is C23H23Cl2N5O3. The lowest BCUT2D eigenvalue weighted by Gasteiger charge is -2.31. The van der Waals surface area contributed by atoms with E-state index in [1.165, 1.54) is 10.6 Å². The number of pyridine rings is 1. The number of carbonyl (C=O) groups is 2. The summed E-state index contributed by atoms with van der Waals surface area (Å²) in [6.45, 7) is 1.33. The van der Waals surface area contributed by atoms with Gasteiger partial charge in [0.1, 0.15) is 11.3 Å². The molecule has 10 heteroatoms. The van der Waals surface area contributed by atoms with E-state index in [1.54, 1.807) is 41.4 Å². The highest BCUT2D eigenvalue weighted by Crippen LogP contribution is 2.23. The van der Waals surface area contributed by atoms with Crippen LogP contribution >= 0.6 is 23.2 Å². The third kappa shape index (κ3) is 5.46. The van der Waals surface area contributed by atoms with Crippen molar-refractivity contribution < 1.29 is 9.59 Å². The van der Waals surface area contributed by atoms with Crippen LogP contribution in [-0.4, -0.2) is 45.7 Å².